The highest BCUT2D eigenvalue weighted by Crippen LogP contribution is 2.26. The molecule has 1 N–H and O–H groups in total. The van der Waals surface area contributed by atoms with E-state index in [0.717, 1.165) is 29.7 Å². The van der Waals surface area contributed by atoms with Crippen molar-refractivity contribution in [2.24, 2.45) is 0 Å². The van der Waals surface area contributed by atoms with Gasteiger partial charge >= 0.3 is 0 Å². The van der Waals surface area contributed by atoms with Crippen LogP contribution in [0.5, 0.6) is 5.75 Å². The van der Waals surface area contributed by atoms with E-state index in [9.17, 15) is 4.79 Å². The van der Waals surface area contributed by atoms with Gasteiger partial charge in [-0.3, -0.25) is 14.7 Å². The first-order chi connectivity index (χ1) is 13.0. The highest BCUT2D eigenvalue weighted by atomic mass is 16.5. The Labute approximate surface area is 156 Å². The summed E-state index contributed by atoms with van der Waals surface area (Å²) >= 11 is 0. The van der Waals surface area contributed by atoms with E-state index in [1.165, 1.54) is 0 Å². The lowest BCUT2D eigenvalue weighted by molar-refractivity contribution is -0.0415. The maximum Gasteiger partial charge on any atom is 0.251 e. The Balaban J connectivity index is 1.41. The lowest BCUT2D eigenvalue weighted by Crippen LogP contribution is -2.60. The van der Waals surface area contributed by atoms with Gasteiger partial charge in [-0.25, -0.2) is 4.98 Å². The highest BCUT2D eigenvalue weighted by Gasteiger charge is 2.37. The number of pyridine rings is 3. The third-order valence-corrected chi connectivity index (χ3v) is 4.99. The van der Waals surface area contributed by atoms with Gasteiger partial charge < -0.3 is 9.72 Å². The molecule has 0 aromatic carbocycles. The standard InChI is InChI=1S/C20H19N5O2/c1-12-5-17-18(24-20(12)26)6-14(8-23-17)10-25-11-19(13(25)2)27-16-4-3-15(7-21)22-9-16/h3-6,8-9,13,19H,10-11H2,1-2H3,(H,24,26)/t13-,19+/m1/s1. The molecule has 0 saturated carbocycles. The van der Waals surface area contributed by atoms with Crippen LogP contribution in [-0.2, 0) is 6.54 Å². The van der Waals surface area contributed by atoms with Crippen LogP contribution in [0.1, 0.15) is 23.7 Å². The highest BCUT2D eigenvalue weighted by molar-refractivity contribution is 5.74. The molecule has 3 aromatic rings. The molecule has 7 nitrogen and oxygen atoms in total. The molecule has 136 valence electrons. The number of H-pyrrole nitrogens is 1. The topological polar surface area (TPSA) is 94.9 Å². The van der Waals surface area contributed by atoms with Gasteiger partial charge in [-0.05, 0) is 43.7 Å². The van der Waals surface area contributed by atoms with E-state index in [4.69, 9.17) is 10.00 Å². The zero-order valence-corrected chi connectivity index (χ0v) is 15.1. The fourth-order valence-corrected chi connectivity index (χ4v) is 3.23. The summed E-state index contributed by atoms with van der Waals surface area (Å²) in [7, 11) is 0. The van der Waals surface area contributed by atoms with E-state index < -0.39 is 0 Å². The fraction of sp³-hybridized carbons (Fsp3) is 0.300. The van der Waals surface area contributed by atoms with Crippen molar-refractivity contribution in [2.45, 2.75) is 32.5 Å². The van der Waals surface area contributed by atoms with Gasteiger partial charge in [0.1, 0.15) is 23.6 Å². The first kappa shape index (κ1) is 17.2. The van der Waals surface area contributed by atoms with Crippen molar-refractivity contribution in [2.75, 3.05) is 6.54 Å². The zero-order valence-electron chi connectivity index (χ0n) is 15.1. The average molecular weight is 361 g/mol. The number of aromatic nitrogens is 3. The van der Waals surface area contributed by atoms with E-state index >= 15 is 0 Å². The Morgan fingerprint density at radius 2 is 2.19 bits per heavy atom. The minimum atomic E-state index is -0.0803. The molecule has 1 saturated heterocycles. The molecule has 7 heteroatoms. The van der Waals surface area contributed by atoms with Gasteiger partial charge in [-0.15, -0.1) is 0 Å². The quantitative estimate of drug-likeness (QED) is 0.765. The number of hydrogen-bond acceptors (Lipinski definition) is 6. The summed E-state index contributed by atoms with van der Waals surface area (Å²) in [5, 5.41) is 8.79. The minimum absolute atomic E-state index is 0.0793. The monoisotopic (exact) mass is 361 g/mol. The van der Waals surface area contributed by atoms with E-state index in [0.29, 0.717) is 17.0 Å². The van der Waals surface area contributed by atoms with Crippen molar-refractivity contribution < 1.29 is 4.74 Å². The summed E-state index contributed by atoms with van der Waals surface area (Å²) in [6, 6.07) is 9.45. The average Bonchev–Trinajstić information content (AvgIpc) is 2.68. The number of ether oxygens (including phenoxy) is 1. The van der Waals surface area contributed by atoms with Crippen LogP contribution in [0.2, 0.25) is 0 Å². The molecule has 27 heavy (non-hydrogen) atoms. The van der Waals surface area contributed by atoms with Crippen LogP contribution in [0.15, 0.2) is 41.5 Å². The molecular weight excluding hydrogens is 342 g/mol. The number of nitrogens with one attached hydrogen (secondary N) is 1. The van der Waals surface area contributed by atoms with Crippen LogP contribution in [0.25, 0.3) is 11.0 Å². The number of hydrogen-bond donors (Lipinski definition) is 1. The lowest BCUT2D eigenvalue weighted by atomic mass is 10.00. The second-order valence-electron chi connectivity index (χ2n) is 6.88. The molecule has 0 aliphatic carbocycles. The molecule has 1 aliphatic heterocycles. The molecule has 4 heterocycles. The van der Waals surface area contributed by atoms with Crippen molar-refractivity contribution in [3.63, 3.8) is 0 Å². The Morgan fingerprint density at radius 3 is 2.89 bits per heavy atom. The van der Waals surface area contributed by atoms with Gasteiger partial charge in [0.05, 0.1) is 17.2 Å². The number of fused-ring (bicyclic) bond motifs is 1. The molecule has 0 unspecified atom stereocenters. The van der Waals surface area contributed by atoms with Crippen LogP contribution in [-0.4, -0.2) is 38.5 Å². The molecule has 0 spiro atoms. The third kappa shape index (κ3) is 3.39. The van der Waals surface area contributed by atoms with E-state index in [1.54, 1.807) is 31.3 Å². The summed E-state index contributed by atoms with van der Waals surface area (Å²) in [5.74, 6) is 0.672. The van der Waals surface area contributed by atoms with Gasteiger partial charge in [0.15, 0.2) is 0 Å². The van der Waals surface area contributed by atoms with Crippen molar-refractivity contribution in [1.29, 1.82) is 5.26 Å². The van der Waals surface area contributed by atoms with E-state index in [-0.39, 0.29) is 17.7 Å². The molecule has 0 radical (unpaired) electrons. The minimum Gasteiger partial charge on any atom is -0.486 e. The Hall–Kier alpha value is -3.24. The maximum atomic E-state index is 11.8. The number of nitriles is 1. The van der Waals surface area contributed by atoms with Crippen LogP contribution in [0.4, 0.5) is 0 Å². The zero-order chi connectivity index (χ0) is 19.0. The van der Waals surface area contributed by atoms with Gasteiger partial charge in [0.25, 0.3) is 5.56 Å². The summed E-state index contributed by atoms with van der Waals surface area (Å²) in [4.78, 5) is 25.5. The largest absolute Gasteiger partial charge is 0.486 e. The van der Waals surface area contributed by atoms with Crippen LogP contribution < -0.4 is 10.3 Å². The van der Waals surface area contributed by atoms with Crippen LogP contribution in [0.3, 0.4) is 0 Å². The number of rotatable bonds is 4. The molecular formula is C20H19N5O2. The van der Waals surface area contributed by atoms with Crippen LogP contribution >= 0.6 is 0 Å². The molecule has 2 atom stereocenters. The van der Waals surface area contributed by atoms with E-state index in [1.807, 2.05) is 18.3 Å². The second kappa shape index (κ2) is 6.82. The van der Waals surface area contributed by atoms with E-state index in [2.05, 4.69) is 26.8 Å². The first-order valence-electron chi connectivity index (χ1n) is 8.79. The normalized spacial score (nSPS) is 19.4. The van der Waals surface area contributed by atoms with Crippen molar-refractivity contribution in [1.82, 2.24) is 19.9 Å². The predicted octanol–water partition coefficient (Wildman–Crippen LogP) is 2.15. The molecule has 0 bridgehead atoms. The van der Waals surface area contributed by atoms with Crippen molar-refractivity contribution in [3.8, 4) is 11.8 Å². The number of nitrogens with zero attached hydrogens (tertiary/aromatic N) is 4. The van der Waals surface area contributed by atoms with Gasteiger partial charge in [0.2, 0.25) is 0 Å². The summed E-state index contributed by atoms with van der Waals surface area (Å²) in [5.41, 5.74) is 3.56. The lowest BCUT2D eigenvalue weighted by Gasteiger charge is -2.45. The SMILES string of the molecule is Cc1cc2ncc(CN3C[C@H](Oc4ccc(C#N)nc4)[C@H]3C)cc2[nH]c1=O. The van der Waals surface area contributed by atoms with Gasteiger partial charge in [0, 0.05) is 30.9 Å². The number of likely N-dealkylation sites (tertiary alicyclic amines) is 1. The summed E-state index contributed by atoms with van der Waals surface area (Å²) < 4.78 is 5.95. The molecule has 3 aromatic heterocycles. The van der Waals surface area contributed by atoms with Crippen molar-refractivity contribution >= 4 is 11.0 Å². The fourth-order valence-electron chi connectivity index (χ4n) is 3.23. The Kier molecular flexibility index (Phi) is 4.34. The summed E-state index contributed by atoms with van der Waals surface area (Å²) in [6.45, 7) is 5.43. The molecule has 4 rings (SSSR count). The number of aryl methyl sites for hydroxylation is 1. The molecule has 0 amide bonds. The van der Waals surface area contributed by atoms with Gasteiger partial charge in [-0.1, -0.05) is 0 Å². The maximum absolute atomic E-state index is 11.8. The molecule has 1 aliphatic rings. The Morgan fingerprint density at radius 1 is 1.33 bits per heavy atom. The number of aromatic amines is 1. The predicted molar refractivity (Wildman–Crippen MR) is 100 cm³/mol. The second-order valence-corrected chi connectivity index (χ2v) is 6.88. The van der Waals surface area contributed by atoms with Gasteiger partial charge in [-0.2, -0.15) is 5.26 Å². The summed E-state index contributed by atoms with van der Waals surface area (Å²) in [6.07, 6.45) is 3.51. The van der Waals surface area contributed by atoms with Crippen molar-refractivity contribution in [3.05, 3.63) is 63.8 Å². The first-order valence-corrected chi connectivity index (χ1v) is 8.79. The smallest absolute Gasteiger partial charge is 0.251 e. The molecule has 1 fully saturated rings. The third-order valence-electron chi connectivity index (χ3n) is 4.99. The Bertz CT molecular complexity index is 1080. The van der Waals surface area contributed by atoms with Crippen LogP contribution in [0, 0.1) is 18.3 Å².